The number of thiophene rings is 1. The van der Waals surface area contributed by atoms with Crippen molar-refractivity contribution in [2.45, 2.75) is 31.0 Å². The molecule has 0 aliphatic carbocycles. The Morgan fingerprint density at radius 1 is 1.19 bits per heavy atom. The van der Waals surface area contributed by atoms with Crippen LogP contribution in [0.2, 0.25) is 0 Å². The molecule has 3 aromatic rings. The van der Waals surface area contributed by atoms with Gasteiger partial charge >= 0.3 is 0 Å². The predicted octanol–water partition coefficient (Wildman–Crippen LogP) is 2.59. The van der Waals surface area contributed by atoms with E-state index in [0.717, 1.165) is 27.0 Å². The molecule has 3 rings (SSSR count). The normalized spacial score (nSPS) is 11.0. The summed E-state index contributed by atoms with van der Waals surface area (Å²) in [6.07, 6.45) is 0. The van der Waals surface area contributed by atoms with Gasteiger partial charge in [-0.3, -0.25) is 0 Å². The third-order valence-electron chi connectivity index (χ3n) is 3.05. The second-order valence-electron chi connectivity index (χ2n) is 4.54. The molecule has 108 valence electrons. The highest BCUT2D eigenvalue weighted by atomic mass is 32.2. The maximum Gasteiger partial charge on any atom is 0.216 e. The third kappa shape index (κ3) is 2.64. The molecule has 0 bridgehead atoms. The van der Waals surface area contributed by atoms with E-state index >= 15 is 0 Å². The Balaban J connectivity index is 1.97. The molecule has 0 unspecified atom stereocenters. The molecule has 0 aromatic carbocycles. The predicted molar refractivity (Wildman–Crippen MR) is 83.9 cm³/mol. The summed E-state index contributed by atoms with van der Waals surface area (Å²) in [5.41, 5.74) is 2.00. The average molecular weight is 318 g/mol. The number of rotatable bonds is 3. The van der Waals surface area contributed by atoms with Crippen LogP contribution >= 0.6 is 23.1 Å². The maximum atomic E-state index is 6.10. The van der Waals surface area contributed by atoms with Gasteiger partial charge in [-0.15, -0.1) is 21.5 Å². The van der Waals surface area contributed by atoms with Gasteiger partial charge in [0.1, 0.15) is 10.9 Å². The Kier molecular flexibility index (Phi) is 3.64. The Morgan fingerprint density at radius 2 is 2.00 bits per heavy atom. The molecule has 0 radical (unpaired) electrons. The van der Waals surface area contributed by atoms with E-state index in [1.54, 1.807) is 11.3 Å². The second-order valence-corrected chi connectivity index (χ2v) is 6.45. The van der Waals surface area contributed by atoms with Crippen LogP contribution in [0, 0.1) is 20.8 Å². The molecule has 0 saturated carbocycles. The summed E-state index contributed by atoms with van der Waals surface area (Å²) in [5, 5.41) is 11.8. The molecule has 0 fully saturated rings. The molecule has 0 aliphatic heterocycles. The van der Waals surface area contributed by atoms with Crippen molar-refractivity contribution < 1.29 is 0 Å². The Labute approximate surface area is 130 Å². The molecule has 0 spiro atoms. The summed E-state index contributed by atoms with van der Waals surface area (Å²) >= 11 is 2.98. The first-order chi connectivity index (χ1) is 10.1. The highest BCUT2D eigenvalue weighted by Gasteiger charge is 2.16. The van der Waals surface area contributed by atoms with E-state index in [9.17, 15) is 0 Å². The van der Waals surface area contributed by atoms with Crippen LogP contribution < -0.4 is 5.84 Å². The van der Waals surface area contributed by atoms with Crippen LogP contribution in [0.1, 0.15) is 17.1 Å². The van der Waals surface area contributed by atoms with Crippen LogP contribution in [-0.2, 0) is 0 Å². The smallest absolute Gasteiger partial charge is 0.216 e. The zero-order valence-corrected chi connectivity index (χ0v) is 13.5. The summed E-state index contributed by atoms with van der Waals surface area (Å²) in [4.78, 5) is 9.80. The Hall–Kier alpha value is -1.93. The summed E-state index contributed by atoms with van der Waals surface area (Å²) in [7, 11) is 0. The van der Waals surface area contributed by atoms with Crippen molar-refractivity contribution in [2.75, 3.05) is 5.84 Å². The Morgan fingerprint density at radius 3 is 2.71 bits per heavy atom. The fraction of sp³-hybridized carbons (Fsp3) is 0.231. The van der Waals surface area contributed by atoms with Crippen LogP contribution in [0.4, 0.5) is 0 Å². The van der Waals surface area contributed by atoms with Crippen LogP contribution in [0.5, 0.6) is 0 Å². The van der Waals surface area contributed by atoms with E-state index in [4.69, 9.17) is 5.84 Å². The van der Waals surface area contributed by atoms with Crippen LogP contribution in [0.15, 0.2) is 27.7 Å². The van der Waals surface area contributed by atoms with Crippen LogP contribution in [0.3, 0.4) is 0 Å². The number of aryl methyl sites for hydroxylation is 2. The van der Waals surface area contributed by atoms with Crippen LogP contribution in [-0.4, -0.2) is 24.8 Å². The lowest BCUT2D eigenvalue weighted by Crippen LogP contribution is -2.11. The van der Waals surface area contributed by atoms with Gasteiger partial charge in [-0.1, -0.05) is 6.07 Å². The van der Waals surface area contributed by atoms with Crippen molar-refractivity contribution in [2.24, 2.45) is 0 Å². The van der Waals surface area contributed by atoms with Crippen molar-refractivity contribution in [3.63, 3.8) is 0 Å². The molecule has 21 heavy (non-hydrogen) atoms. The molecule has 8 heteroatoms. The largest absolute Gasteiger partial charge is 0.335 e. The Bertz CT molecular complexity index is 778. The number of hydrogen-bond acceptors (Lipinski definition) is 7. The van der Waals surface area contributed by atoms with Gasteiger partial charge in [-0.25, -0.2) is 14.6 Å². The summed E-state index contributed by atoms with van der Waals surface area (Å²) < 4.78 is 1.50. The third-order valence-corrected chi connectivity index (χ3v) is 4.97. The molecule has 0 saturated heterocycles. The minimum atomic E-state index is 0.610. The molecule has 6 nitrogen and oxygen atoms in total. The monoisotopic (exact) mass is 318 g/mol. The fourth-order valence-electron chi connectivity index (χ4n) is 1.84. The van der Waals surface area contributed by atoms with E-state index in [1.165, 1.54) is 16.4 Å². The number of aromatic nitrogens is 5. The topological polar surface area (TPSA) is 82.5 Å². The first-order valence-corrected chi connectivity index (χ1v) is 8.00. The highest BCUT2D eigenvalue weighted by Crippen LogP contribution is 2.30. The molecule has 2 N–H and O–H groups in total. The van der Waals surface area contributed by atoms with E-state index in [-0.39, 0.29) is 0 Å². The van der Waals surface area contributed by atoms with Crippen molar-refractivity contribution in [1.82, 2.24) is 24.8 Å². The highest BCUT2D eigenvalue weighted by molar-refractivity contribution is 7.99. The summed E-state index contributed by atoms with van der Waals surface area (Å²) in [6.45, 7) is 5.84. The lowest BCUT2D eigenvalue weighted by molar-refractivity contribution is 0.840. The first kappa shape index (κ1) is 14.0. The number of nitrogens with zero attached hydrogens (tertiary/aromatic N) is 5. The standard InChI is InChI=1S/C13H14N6S2/c1-7-8(2)15-9(3)16-12(7)21-13-18-17-11(19(13)14)10-5-4-6-20-10/h4-6H,14H2,1-3H3. The van der Waals surface area contributed by atoms with E-state index < -0.39 is 0 Å². The molecular weight excluding hydrogens is 304 g/mol. The molecule has 0 atom stereocenters. The van der Waals surface area contributed by atoms with Gasteiger partial charge in [0.2, 0.25) is 5.16 Å². The first-order valence-electron chi connectivity index (χ1n) is 6.30. The van der Waals surface area contributed by atoms with Gasteiger partial charge < -0.3 is 5.84 Å². The van der Waals surface area contributed by atoms with Gasteiger partial charge in [0, 0.05) is 11.3 Å². The van der Waals surface area contributed by atoms with E-state index in [0.29, 0.717) is 11.0 Å². The number of nitrogen functional groups attached to an aromatic ring is 1. The lowest BCUT2D eigenvalue weighted by Gasteiger charge is -2.07. The van der Waals surface area contributed by atoms with Crippen molar-refractivity contribution in [3.05, 3.63) is 34.6 Å². The van der Waals surface area contributed by atoms with E-state index in [1.807, 2.05) is 38.3 Å². The van der Waals surface area contributed by atoms with Crippen molar-refractivity contribution >= 4 is 23.1 Å². The minimum absolute atomic E-state index is 0.610. The zero-order chi connectivity index (χ0) is 15.0. The van der Waals surface area contributed by atoms with Gasteiger partial charge in [-0.2, -0.15) is 0 Å². The van der Waals surface area contributed by atoms with Gasteiger partial charge in [0.25, 0.3) is 0 Å². The maximum absolute atomic E-state index is 6.10. The minimum Gasteiger partial charge on any atom is -0.335 e. The zero-order valence-electron chi connectivity index (χ0n) is 11.9. The van der Waals surface area contributed by atoms with Crippen molar-refractivity contribution in [1.29, 1.82) is 0 Å². The average Bonchev–Trinajstić information content (AvgIpc) is 3.06. The van der Waals surface area contributed by atoms with E-state index in [2.05, 4.69) is 20.2 Å². The number of hydrogen-bond donors (Lipinski definition) is 1. The quantitative estimate of drug-likeness (QED) is 0.590. The number of nitrogens with two attached hydrogens (primary N) is 1. The second kappa shape index (κ2) is 5.45. The lowest BCUT2D eigenvalue weighted by atomic mass is 10.3. The molecule has 0 amide bonds. The molecule has 3 aromatic heterocycles. The SMILES string of the molecule is Cc1nc(C)c(C)c(Sc2nnc(-c3cccs3)n2N)n1. The van der Waals surface area contributed by atoms with Crippen LogP contribution in [0.25, 0.3) is 10.7 Å². The molecular formula is C13H14N6S2. The summed E-state index contributed by atoms with van der Waals surface area (Å²) in [6, 6.07) is 3.93. The van der Waals surface area contributed by atoms with Crippen molar-refractivity contribution in [3.8, 4) is 10.7 Å². The summed E-state index contributed by atoms with van der Waals surface area (Å²) in [5.74, 6) is 7.50. The van der Waals surface area contributed by atoms with Gasteiger partial charge in [-0.05, 0) is 44.0 Å². The van der Waals surface area contributed by atoms with Gasteiger partial charge in [0.15, 0.2) is 5.82 Å². The van der Waals surface area contributed by atoms with Gasteiger partial charge in [0.05, 0.1) is 4.88 Å². The molecule has 3 heterocycles. The molecule has 0 aliphatic rings. The fourth-order valence-corrected chi connectivity index (χ4v) is 3.47.